The van der Waals surface area contributed by atoms with Crippen LogP contribution in [0.1, 0.15) is 30.4 Å². The predicted molar refractivity (Wildman–Crippen MR) is 118 cm³/mol. The first kappa shape index (κ1) is 23.4. The Hall–Kier alpha value is -3.24. The molecule has 1 fully saturated rings. The summed E-state index contributed by atoms with van der Waals surface area (Å²) in [4.78, 5) is 22.3. The Morgan fingerprint density at radius 3 is 2.44 bits per heavy atom. The predicted octanol–water partition coefficient (Wildman–Crippen LogP) is 3.53. The molecular weight excluding hydrogens is 436 g/mol. The van der Waals surface area contributed by atoms with Gasteiger partial charge < -0.3 is 9.47 Å². The SMILES string of the molecule is COc1ccc(/C=C/C(=O)OCc2ccc([N+](=O)[O-])cc2)cc1S(=O)(=O)N1CCCCC1. The molecule has 0 N–H and O–H groups in total. The smallest absolute Gasteiger partial charge is 0.331 e. The van der Waals surface area contributed by atoms with Crippen LogP contribution in [-0.2, 0) is 26.2 Å². The van der Waals surface area contributed by atoms with Crippen LogP contribution in [0, 0.1) is 10.1 Å². The van der Waals surface area contributed by atoms with Crippen molar-refractivity contribution in [1.82, 2.24) is 4.31 Å². The minimum absolute atomic E-state index is 0.0433. The number of non-ortho nitro benzene ring substituents is 1. The van der Waals surface area contributed by atoms with Crippen LogP contribution in [0.25, 0.3) is 6.08 Å². The summed E-state index contributed by atoms with van der Waals surface area (Å²) in [7, 11) is -2.30. The van der Waals surface area contributed by atoms with Gasteiger partial charge in [-0.15, -0.1) is 0 Å². The monoisotopic (exact) mass is 460 g/mol. The van der Waals surface area contributed by atoms with E-state index in [4.69, 9.17) is 9.47 Å². The normalized spacial score (nSPS) is 14.9. The second-order valence-electron chi connectivity index (χ2n) is 7.24. The third-order valence-electron chi connectivity index (χ3n) is 5.06. The number of esters is 1. The third kappa shape index (κ3) is 5.71. The van der Waals surface area contributed by atoms with E-state index in [9.17, 15) is 23.3 Å². The molecule has 170 valence electrons. The molecule has 1 aliphatic heterocycles. The molecular formula is C22H24N2O7S. The van der Waals surface area contributed by atoms with Gasteiger partial charge in [-0.3, -0.25) is 10.1 Å². The topological polar surface area (TPSA) is 116 Å². The molecule has 0 aromatic heterocycles. The van der Waals surface area contributed by atoms with Gasteiger partial charge in [-0.2, -0.15) is 4.31 Å². The summed E-state index contributed by atoms with van der Waals surface area (Å²) in [5.41, 5.74) is 1.07. The lowest BCUT2D eigenvalue weighted by Crippen LogP contribution is -2.35. The highest BCUT2D eigenvalue weighted by Gasteiger charge is 2.29. The quantitative estimate of drug-likeness (QED) is 0.256. The largest absolute Gasteiger partial charge is 0.495 e. The van der Waals surface area contributed by atoms with Crippen LogP contribution in [0.3, 0.4) is 0 Å². The van der Waals surface area contributed by atoms with Crippen LogP contribution in [0.15, 0.2) is 53.4 Å². The van der Waals surface area contributed by atoms with E-state index in [2.05, 4.69) is 0 Å². The number of ether oxygens (including phenoxy) is 2. The summed E-state index contributed by atoms with van der Waals surface area (Å²) in [5.74, 6) is -0.381. The zero-order valence-electron chi connectivity index (χ0n) is 17.6. The number of carbonyl (C=O) groups excluding carboxylic acids is 1. The molecule has 2 aromatic carbocycles. The van der Waals surface area contributed by atoms with Crippen LogP contribution >= 0.6 is 0 Å². The molecule has 0 bridgehead atoms. The van der Waals surface area contributed by atoms with E-state index in [1.165, 1.54) is 53.9 Å². The number of rotatable bonds is 8. The average Bonchev–Trinajstić information content (AvgIpc) is 2.82. The Bertz CT molecular complexity index is 1110. The first-order valence-corrected chi connectivity index (χ1v) is 11.5. The molecule has 32 heavy (non-hydrogen) atoms. The van der Waals surface area contributed by atoms with Crippen molar-refractivity contribution in [3.05, 3.63) is 69.8 Å². The molecule has 0 atom stereocenters. The van der Waals surface area contributed by atoms with Gasteiger partial charge in [-0.25, -0.2) is 13.2 Å². The number of nitrogens with zero attached hydrogens (tertiary/aromatic N) is 2. The summed E-state index contributed by atoms with van der Waals surface area (Å²) < 4.78 is 38.0. The van der Waals surface area contributed by atoms with E-state index in [1.54, 1.807) is 12.1 Å². The van der Waals surface area contributed by atoms with Crippen molar-refractivity contribution in [3.8, 4) is 5.75 Å². The number of hydrogen-bond acceptors (Lipinski definition) is 7. The number of piperidine rings is 1. The van der Waals surface area contributed by atoms with Gasteiger partial charge in [-0.1, -0.05) is 12.5 Å². The van der Waals surface area contributed by atoms with Crippen molar-refractivity contribution in [2.75, 3.05) is 20.2 Å². The Morgan fingerprint density at radius 1 is 1.12 bits per heavy atom. The van der Waals surface area contributed by atoms with Crippen molar-refractivity contribution in [2.24, 2.45) is 0 Å². The average molecular weight is 461 g/mol. The minimum Gasteiger partial charge on any atom is -0.495 e. The fourth-order valence-corrected chi connectivity index (χ4v) is 5.03. The summed E-state index contributed by atoms with van der Waals surface area (Å²) in [5, 5.41) is 10.7. The maximum Gasteiger partial charge on any atom is 0.331 e. The Morgan fingerprint density at radius 2 is 1.81 bits per heavy atom. The molecule has 3 rings (SSSR count). The maximum absolute atomic E-state index is 13.1. The van der Waals surface area contributed by atoms with Crippen LogP contribution < -0.4 is 4.74 Å². The molecule has 0 spiro atoms. The lowest BCUT2D eigenvalue weighted by atomic mass is 10.2. The van der Waals surface area contributed by atoms with Gasteiger partial charge in [0, 0.05) is 31.3 Å². The molecule has 0 aliphatic carbocycles. The van der Waals surface area contributed by atoms with Gasteiger partial charge in [0.25, 0.3) is 5.69 Å². The molecule has 1 heterocycles. The van der Waals surface area contributed by atoms with Crippen molar-refractivity contribution >= 4 is 27.8 Å². The van der Waals surface area contributed by atoms with Crippen LogP contribution in [0.2, 0.25) is 0 Å². The Labute approximate surface area is 186 Å². The summed E-state index contributed by atoms with van der Waals surface area (Å²) in [6, 6.07) is 10.4. The van der Waals surface area contributed by atoms with E-state index in [-0.39, 0.29) is 22.9 Å². The van der Waals surface area contributed by atoms with Crippen molar-refractivity contribution in [1.29, 1.82) is 0 Å². The zero-order chi connectivity index (χ0) is 23.1. The van der Waals surface area contributed by atoms with Crippen molar-refractivity contribution in [3.63, 3.8) is 0 Å². The fourth-order valence-electron chi connectivity index (χ4n) is 3.32. The highest BCUT2D eigenvalue weighted by molar-refractivity contribution is 7.89. The number of carbonyl (C=O) groups is 1. The van der Waals surface area contributed by atoms with E-state index < -0.39 is 20.9 Å². The standard InChI is InChI=1S/C22H24N2O7S/c1-30-20-11-7-17(15-21(20)32(28,29)23-13-3-2-4-14-23)8-12-22(25)31-16-18-5-9-19(10-6-18)24(26)27/h5-12,15H,2-4,13-14,16H2,1H3/b12-8+. The zero-order valence-corrected chi connectivity index (χ0v) is 18.4. The Balaban J connectivity index is 1.69. The molecule has 1 saturated heterocycles. The van der Waals surface area contributed by atoms with Crippen molar-refractivity contribution < 1.29 is 27.6 Å². The highest BCUT2D eigenvalue weighted by Crippen LogP contribution is 2.30. The summed E-state index contributed by atoms with van der Waals surface area (Å²) in [6.07, 6.45) is 5.31. The second kappa shape index (κ2) is 10.4. The third-order valence-corrected chi connectivity index (χ3v) is 6.98. The first-order valence-electron chi connectivity index (χ1n) is 10.1. The molecule has 1 aliphatic rings. The van der Waals surface area contributed by atoms with Crippen LogP contribution in [0.5, 0.6) is 5.75 Å². The van der Waals surface area contributed by atoms with E-state index in [0.29, 0.717) is 24.2 Å². The molecule has 9 nitrogen and oxygen atoms in total. The molecule has 0 amide bonds. The number of nitro groups is 1. The fraction of sp³-hybridized carbons (Fsp3) is 0.318. The van der Waals surface area contributed by atoms with Gasteiger partial charge >= 0.3 is 5.97 Å². The lowest BCUT2D eigenvalue weighted by molar-refractivity contribution is -0.384. The van der Waals surface area contributed by atoms with Crippen LogP contribution in [-0.4, -0.2) is 43.8 Å². The van der Waals surface area contributed by atoms with E-state index in [0.717, 1.165) is 19.3 Å². The number of hydrogen-bond donors (Lipinski definition) is 0. The minimum atomic E-state index is -3.71. The van der Waals surface area contributed by atoms with E-state index >= 15 is 0 Å². The van der Waals surface area contributed by atoms with Gasteiger partial charge in [0.1, 0.15) is 17.3 Å². The molecule has 10 heteroatoms. The second-order valence-corrected chi connectivity index (χ2v) is 9.15. The number of sulfonamides is 1. The highest BCUT2D eigenvalue weighted by atomic mass is 32.2. The van der Waals surface area contributed by atoms with Gasteiger partial charge in [0.05, 0.1) is 12.0 Å². The number of nitro benzene ring substituents is 1. The first-order chi connectivity index (χ1) is 15.3. The molecule has 0 unspecified atom stereocenters. The summed E-state index contributed by atoms with van der Waals surface area (Å²) in [6.45, 7) is 0.902. The Kier molecular flexibility index (Phi) is 7.60. The maximum atomic E-state index is 13.1. The molecule has 0 radical (unpaired) electrons. The lowest BCUT2D eigenvalue weighted by Gasteiger charge is -2.26. The van der Waals surface area contributed by atoms with E-state index in [1.807, 2.05) is 0 Å². The number of benzene rings is 2. The van der Waals surface area contributed by atoms with Crippen molar-refractivity contribution in [2.45, 2.75) is 30.8 Å². The summed E-state index contributed by atoms with van der Waals surface area (Å²) >= 11 is 0. The van der Waals surface area contributed by atoms with Crippen LogP contribution in [0.4, 0.5) is 5.69 Å². The van der Waals surface area contributed by atoms with Gasteiger partial charge in [-0.05, 0) is 54.3 Å². The number of methoxy groups -OCH3 is 1. The van der Waals surface area contributed by atoms with Gasteiger partial charge in [0.15, 0.2) is 0 Å². The molecule has 2 aromatic rings. The molecule has 0 saturated carbocycles. The van der Waals surface area contributed by atoms with Gasteiger partial charge in [0.2, 0.25) is 10.0 Å².